The first-order chi connectivity index (χ1) is 7.86. The molecule has 0 spiro atoms. The summed E-state index contributed by atoms with van der Waals surface area (Å²) in [6.07, 6.45) is 4.98. The number of ether oxygens (including phenoxy) is 2. The first-order valence-electron chi connectivity index (χ1n) is 6.07. The predicted octanol–water partition coefficient (Wildman–Crippen LogP) is 3.79. The van der Waals surface area contributed by atoms with Crippen molar-refractivity contribution in [2.45, 2.75) is 39.2 Å². The fourth-order valence-electron chi connectivity index (χ4n) is 1.57. The number of rotatable bonds is 8. The maximum atomic E-state index is 5.64. The van der Waals surface area contributed by atoms with E-state index in [-0.39, 0.29) is 0 Å². The lowest BCUT2D eigenvalue weighted by atomic mass is 10.2. The van der Waals surface area contributed by atoms with Crippen molar-refractivity contribution in [1.29, 1.82) is 0 Å². The van der Waals surface area contributed by atoms with Crippen LogP contribution in [0.15, 0.2) is 24.3 Å². The molecule has 0 bridgehead atoms. The van der Waals surface area contributed by atoms with Crippen LogP contribution in [0, 0.1) is 0 Å². The maximum Gasteiger partial charge on any atom is 0.119 e. The van der Waals surface area contributed by atoms with Gasteiger partial charge in [-0.3, -0.25) is 0 Å². The third-order valence-electron chi connectivity index (χ3n) is 2.50. The molecule has 0 aliphatic rings. The number of hydrogen-bond acceptors (Lipinski definition) is 2. The molecular weight excluding hydrogens is 200 g/mol. The van der Waals surface area contributed by atoms with Gasteiger partial charge in [-0.25, -0.2) is 0 Å². The van der Waals surface area contributed by atoms with Gasteiger partial charge in [0.2, 0.25) is 0 Å². The minimum atomic E-state index is 0.663. The first-order valence-corrected chi connectivity index (χ1v) is 6.07. The Balaban J connectivity index is 2.21. The monoisotopic (exact) mass is 222 g/mol. The minimum Gasteiger partial charge on any atom is -0.494 e. The number of hydrogen-bond donors (Lipinski definition) is 0. The third kappa shape index (κ3) is 5.17. The molecule has 2 heteroatoms. The van der Waals surface area contributed by atoms with E-state index in [1.54, 1.807) is 7.11 Å². The van der Waals surface area contributed by atoms with Crippen molar-refractivity contribution < 1.29 is 9.47 Å². The standard InChI is InChI=1S/C14H22O2/c1-3-4-5-6-11-16-14-9-7-13(8-10-14)12-15-2/h7-10H,3-6,11-12H2,1-2H3. The third-order valence-corrected chi connectivity index (χ3v) is 2.50. The van der Waals surface area contributed by atoms with E-state index in [1.165, 1.54) is 24.8 Å². The fourth-order valence-corrected chi connectivity index (χ4v) is 1.57. The Labute approximate surface area is 98.6 Å². The highest BCUT2D eigenvalue weighted by Gasteiger charge is 1.95. The van der Waals surface area contributed by atoms with Gasteiger partial charge in [-0.1, -0.05) is 38.3 Å². The Hall–Kier alpha value is -1.02. The molecule has 0 atom stereocenters. The Morgan fingerprint density at radius 1 is 1.00 bits per heavy atom. The fraction of sp³-hybridized carbons (Fsp3) is 0.571. The summed E-state index contributed by atoms with van der Waals surface area (Å²) in [5.41, 5.74) is 1.18. The van der Waals surface area contributed by atoms with Crippen molar-refractivity contribution in [3.05, 3.63) is 29.8 Å². The van der Waals surface area contributed by atoms with Crippen LogP contribution in [0.3, 0.4) is 0 Å². The molecule has 1 aromatic rings. The van der Waals surface area contributed by atoms with Gasteiger partial charge < -0.3 is 9.47 Å². The number of benzene rings is 1. The molecule has 1 aromatic carbocycles. The van der Waals surface area contributed by atoms with Crippen LogP contribution in [0.2, 0.25) is 0 Å². The van der Waals surface area contributed by atoms with Gasteiger partial charge >= 0.3 is 0 Å². The van der Waals surface area contributed by atoms with Crippen molar-refractivity contribution >= 4 is 0 Å². The van der Waals surface area contributed by atoms with Crippen molar-refractivity contribution in [2.24, 2.45) is 0 Å². The van der Waals surface area contributed by atoms with E-state index < -0.39 is 0 Å². The quantitative estimate of drug-likeness (QED) is 0.623. The van der Waals surface area contributed by atoms with E-state index in [1.807, 2.05) is 24.3 Å². The van der Waals surface area contributed by atoms with Crippen LogP contribution in [0.4, 0.5) is 0 Å². The van der Waals surface area contributed by atoms with E-state index in [0.29, 0.717) is 6.61 Å². The van der Waals surface area contributed by atoms with Crippen molar-refractivity contribution in [3.63, 3.8) is 0 Å². The van der Waals surface area contributed by atoms with E-state index in [4.69, 9.17) is 9.47 Å². The van der Waals surface area contributed by atoms with Crippen LogP contribution < -0.4 is 4.74 Å². The molecule has 0 saturated carbocycles. The Morgan fingerprint density at radius 2 is 1.75 bits per heavy atom. The summed E-state index contributed by atoms with van der Waals surface area (Å²) in [5, 5.41) is 0. The van der Waals surface area contributed by atoms with Crippen LogP contribution in [-0.4, -0.2) is 13.7 Å². The molecule has 90 valence electrons. The summed E-state index contributed by atoms with van der Waals surface area (Å²) in [5.74, 6) is 0.955. The summed E-state index contributed by atoms with van der Waals surface area (Å²) in [6.45, 7) is 3.70. The second-order valence-electron chi connectivity index (χ2n) is 3.99. The van der Waals surface area contributed by atoms with Gasteiger partial charge in [-0.2, -0.15) is 0 Å². The molecule has 0 N–H and O–H groups in total. The summed E-state index contributed by atoms with van der Waals surface area (Å²) in [6, 6.07) is 8.11. The van der Waals surface area contributed by atoms with Gasteiger partial charge in [0.05, 0.1) is 13.2 Å². The van der Waals surface area contributed by atoms with Gasteiger partial charge in [-0.05, 0) is 24.1 Å². The zero-order valence-electron chi connectivity index (χ0n) is 10.4. The van der Waals surface area contributed by atoms with Crippen LogP contribution >= 0.6 is 0 Å². The highest BCUT2D eigenvalue weighted by Crippen LogP contribution is 2.13. The zero-order valence-corrected chi connectivity index (χ0v) is 10.4. The predicted molar refractivity (Wildman–Crippen MR) is 66.8 cm³/mol. The van der Waals surface area contributed by atoms with Gasteiger partial charge in [0.25, 0.3) is 0 Å². The van der Waals surface area contributed by atoms with Gasteiger partial charge in [0, 0.05) is 7.11 Å². The molecule has 0 aliphatic carbocycles. The second-order valence-corrected chi connectivity index (χ2v) is 3.99. The largest absolute Gasteiger partial charge is 0.494 e. The molecule has 0 aromatic heterocycles. The maximum absolute atomic E-state index is 5.64. The molecule has 2 nitrogen and oxygen atoms in total. The Kier molecular flexibility index (Phi) is 6.66. The smallest absolute Gasteiger partial charge is 0.119 e. The van der Waals surface area contributed by atoms with Crippen molar-refractivity contribution in [2.75, 3.05) is 13.7 Å². The highest BCUT2D eigenvalue weighted by atomic mass is 16.5. The Bertz CT molecular complexity index is 267. The molecular formula is C14H22O2. The van der Waals surface area contributed by atoms with Crippen molar-refractivity contribution in [1.82, 2.24) is 0 Å². The Morgan fingerprint density at radius 3 is 2.38 bits per heavy atom. The summed E-state index contributed by atoms with van der Waals surface area (Å²) >= 11 is 0. The number of methoxy groups -OCH3 is 1. The molecule has 1 rings (SSSR count). The SMILES string of the molecule is CCCCCCOc1ccc(COC)cc1. The minimum absolute atomic E-state index is 0.663. The molecule has 16 heavy (non-hydrogen) atoms. The van der Waals surface area contributed by atoms with Crippen LogP contribution in [0.1, 0.15) is 38.2 Å². The van der Waals surface area contributed by atoms with E-state index in [0.717, 1.165) is 18.8 Å². The molecule has 0 heterocycles. The molecule has 0 amide bonds. The molecule has 0 unspecified atom stereocenters. The summed E-state index contributed by atoms with van der Waals surface area (Å²) < 4.78 is 10.7. The first kappa shape index (κ1) is 13.0. The molecule has 0 saturated heterocycles. The molecule has 0 fully saturated rings. The van der Waals surface area contributed by atoms with Crippen LogP contribution in [0.25, 0.3) is 0 Å². The van der Waals surface area contributed by atoms with Gasteiger partial charge in [-0.15, -0.1) is 0 Å². The normalized spacial score (nSPS) is 10.4. The average Bonchev–Trinajstić information content (AvgIpc) is 2.31. The average molecular weight is 222 g/mol. The molecule has 0 radical (unpaired) electrons. The summed E-state index contributed by atoms with van der Waals surface area (Å²) in [7, 11) is 1.71. The summed E-state index contributed by atoms with van der Waals surface area (Å²) in [4.78, 5) is 0. The van der Waals surface area contributed by atoms with E-state index in [2.05, 4.69) is 6.92 Å². The number of unbranched alkanes of at least 4 members (excludes halogenated alkanes) is 3. The molecule has 0 aliphatic heterocycles. The van der Waals surface area contributed by atoms with Gasteiger partial charge in [0.15, 0.2) is 0 Å². The van der Waals surface area contributed by atoms with Crippen LogP contribution in [-0.2, 0) is 11.3 Å². The lowest BCUT2D eigenvalue weighted by molar-refractivity contribution is 0.185. The van der Waals surface area contributed by atoms with E-state index in [9.17, 15) is 0 Å². The highest BCUT2D eigenvalue weighted by molar-refractivity contribution is 5.26. The van der Waals surface area contributed by atoms with Gasteiger partial charge in [0.1, 0.15) is 5.75 Å². The van der Waals surface area contributed by atoms with Crippen LogP contribution in [0.5, 0.6) is 5.75 Å². The lowest BCUT2D eigenvalue weighted by Gasteiger charge is -2.06. The topological polar surface area (TPSA) is 18.5 Å². The van der Waals surface area contributed by atoms with Crippen molar-refractivity contribution in [3.8, 4) is 5.75 Å². The lowest BCUT2D eigenvalue weighted by Crippen LogP contribution is -1.97. The second kappa shape index (κ2) is 8.17. The zero-order chi connectivity index (χ0) is 11.6. The van der Waals surface area contributed by atoms with E-state index >= 15 is 0 Å².